The number of nitrogens with one attached hydrogen (secondary N) is 1. The highest BCUT2D eigenvalue weighted by Crippen LogP contribution is 2.31. The molecule has 0 aliphatic carbocycles. The summed E-state index contributed by atoms with van der Waals surface area (Å²) in [5.41, 5.74) is 0. The SMILES string of the molecule is CCNCC1COCCN1c1nc(C(F)(F)F)ns1. The third kappa shape index (κ3) is 3.54. The van der Waals surface area contributed by atoms with Gasteiger partial charge in [-0.3, -0.25) is 0 Å². The van der Waals surface area contributed by atoms with Crippen LogP contribution in [0.4, 0.5) is 18.3 Å². The lowest BCUT2D eigenvalue weighted by atomic mass is 10.2. The largest absolute Gasteiger partial charge is 0.452 e. The molecule has 0 bridgehead atoms. The molecule has 1 saturated heterocycles. The lowest BCUT2D eigenvalue weighted by molar-refractivity contribution is -0.144. The van der Waals surface area contributed by atoms with Gasteiger partial charge in [-0.2, -0.15) is 22.5 Å². The first-order chi connectivity index (χ1) is 9.02. The van der Waals surface area contributed by atoms with Crippen molar-refractivity contribution in [3.8, 4) is 0 Å². The average molecular weight is 296 g/mol. The molecule has 108 valence electrons. The number of anilines is 1. The van der Waals surface area contributed by atoms with Crippen LogP contribution >= 0.6 is 11.5 Å². The minimum Gasteiger partial charge on any atom is -0.377 e. The Hall–Kier alpha value is -0.930. The number of ether oxygens (including phenoxy) is 1. The van der Waals surface area contributed by atoms with Gasteiger partial charge in [-0.05, 0) is 6.54 Å². The summed E-state index contributed by atoms with van der Waals surface area (Å²) in [4.78, 5) is 5.42. The fraction of sp³-hybridized carbons (Fsp3) is 0.800. The van der Waals surface area contributed by atoms with Crippen LogP contribution in [0.5, 0.6) is 0 Å². The Morgan fingerprint density at radius 3 is 2.95 bits per heavy atom. The van der Waals surface area contributed by atoms with Crippen LogP contribution in [-0.4, -0.2) is 48.2 Å². The summed E-state index contributed by atoms with van der Waals surface area (Å²) < 4.78 is 46.2. The molecule has 19 heavy (non-hydrogen) atoms. The van der Waals surface area contributed by atoms with E-state index in [1.807, 2.05) is 11.8 Å². The van der Waals surface area contributed by atoms with Crippen LogP contribution in [0.1, 0.15) is 12.7 Å². The predicted octanol–water partition coefficient (Wildman–Crippen LogP) is 1.37. The maximum atomic E-state index is 12.5. The minimum atomic E-state index is -4.49. The van der Waals surface area contributed by atoms with E-state index in [9.17, 15) is 13.2 Å². The number of halogens is 3. The number of aromatic nitrogens is 2. The first-order valence-corrected chi connectivity index (χ1v) is 6.75. The van der Waals surface area contributed by atoms with Gasteiger partial charge in [0.15, 0.2) is 0 Å². The summed E-state index contributed by atoms with van der Waals surface area (Å²) in [5, 5.41) is 3.47. The molecule has 1 atom stereocenters. The van der Waals surface area contributed by atoms with Gasteiger partial charge in [-0.1, -0.05) is 6.92 Å². The fourth-order valence-corrected chi connectivity index (χ4v) is 2.62. The normalized spacial score (nSPS) is 20.8. The van der Waals surface area contributed by atoms with Crippen molar-refractivity contribution in [2.24, 2.45) is 0 Å². The molecule has 5 nitrogen and oxygen atoms in total. The molecule has 1 aromatic rings. The second-order valence-corrected chi connectivity index (χ2v) is 4.86. The number of rotatable bonds is 4. The van der Waals surface area contributed by atoms with Crippen molar-refractivity contribution < 1.29 is 17.9 Å². The zero-order chi connectivity index (χ0) is 13.9. The van der Waals surface area contributed by atoms with Gasteiger partial charge < -0.3 is 15.0 Å². The molecule has 1 unspecified atom stereocenters. The fourth-order valence-electron chi connectivity index (χ4n) is 1.83. The number of alkyl halides is 3. The van der Waals surface area contributed by atoms with E-state index in [1.165, 1.54) is 0 Å². The molecule has 0 spiro atoms. The van der Waals surface area contributed by atoms with Crippen molar-refractivity contribution in [3.63, 3.8) is 0 Å². The zero-order valence-corrected chi connectivity index (χ0v) is 11.2. The Bertz CT molecular complexity index is 412. The molecular formula is C10H15F3N4OS. The lowest BCUT2D eigenvalue weighted by Crippen LogP contribution is -2.50. The summed E-state index contributed by atoms with van der Waals surface area (Å²) in [6.07, 6.45) is -4.49. The van der Waals surface area contributed by atoms with Crippen molar-refractivity contribution in [2.75, 3.05) is 37.7 Å². The van der Waals surface area contributed by atoms with Crippen molar-refractivity contribution in [2.45, 2.75) is 19.1 Å². The van der Waals surface area contributed by atoms with Crippen LogP contribution < -0.4 is 10.2 Å². The van der Waals surface area contributed by atoms with E-state index in [4.69, 9.17) is 4.74 Å². The van der Waals surface area contributed by atoms with Crippen LogP contribution in [0.3, 0.4) is 0 Å². The molecule has 0 amide bonds. The number of hydrogen-bond donors (Lipinski definition) is 1. The molecule has 1 aliphatic rings. The second-order valence-electron chi connectivity index (χ2n) is 4.13. The maximum absolute atomic E-state index is 12.5. The number of likely N-dealkylation sites (N-methyl/N-ethyl adjacent to an activating group) is 1. The van der Waals surface area contributed by atoms with Crippen molar-refractivity contribution in [1.82, 2.24) is 14.7 Å². The summed E-state index contributed by atoms with van der Waals surface area (Å²) in [7, 11) is 0. The quantitative estimate of drug-likeness (QED) is 0.909. The first-order valence-electron chi connectivity index (χ1n) is 5.98. The summed E-state index contributed by atoms with van der Waals surface area (Å²) in [6.45, 7) is 4.92. The molecule has 0 saturated carbocycles. The van der Waals surface area contributed by atoms with E-state index >= 15 is 0 Å². The Balaban J connectivity index is 2.11. The molecule has 1 aliphatic heterocycles. The smallest absolute Gasteiger partial charge is 0.377 e. The molecule has 1 N–H and O–H groups in total. The molecule has 2 heterocycles. The molecular weight excluding hydrogens is 281 g/mol. The maximum Gasteiger partial charge on any atom is 0.452 e. The summed E-state index contributed by atoms with van der Waals surface area (Å²) >= 11 is 0.782. The summed E-state index contributed by atoms with van der Waals surface area (Å²) in [5.74, 6) is -1.07. The predicted molar refractivity (Wildman–Crippen MR) is 65.4 cm³/mol. The van der Waals surface area contributed by atoms with E-state index in [0.717, 1.165) is 18.1 Å². The van der Waals surface area contributed by atoms with Gasteiger partial charge in [0, 0.05) is 24.6 Å². The highest BCUT2D eigenvalue weighted by molar-refractivity contribution is 7.09. The third-order valence-corrected chi connectivity index (χ3v) is 3.53. The van der Waals surface area contributed by atoms with Gasteiger partial charge in [0.2, 0.25) is 11.0 Å². The van der Waals surface area contributed by atoms with Gasteiger partial charge in [-0.15, -0.1) is 0 Å². The van der Waals surface area contributed by atoms with Gasteiger partial charge in [-0.25, -0.2) is 0 Å². The topological polar surface area (TPSA) is 50.3 Å². The van der Waals surface area contributed by atoms with Crippen LogP contribution in [0.15, 0.2) is 0 Å². The Labute approximate surface area is 112 Å². The monoisotopic (exact) mass is 296 g/mol. The molecule has 0 aromatic carbocycles. The molecule has 0 radical (unpaired) electrons. The van der Waals surface area contributed by atoms with Gasteiger partial charge in [0.25, 0.3) is 0 Å². The van der Waals surface area contributed by atoms with Gasteiger partial charge >= 0.3 is 6.18 Å². The lowest BCUT2D eigenvalue weighted by Gasteiger charge is -2.35. The zero-order valence-electron chi connectivity index (χ0n) is 10.4. The Kier molecular flexibility index (Phi) is 4.58. The van der Waals surface area contributed by atoms with E-state index in [2.05, 4.69) is 14.7 Å². The Morgan fingerprint density at radius 1 is 1.53 bits per heavy atom. The molecule has 1 fully saturated rings. The average Bonchev–Trinajstić information content (AvgIpc) is 2.86. The molecule has 9 heteroatoms. The first kappa shape index (κ1) is 14.5. The Morgan fingerprint density at radius 2 is 2.32 bits per heavy atom. The van der Waals surface area contributed by atoms with Crippen molar-refractivity contribution >= 4 is 16.7 Å². The van der Waals surface area contributed by atoms with E-state index in [-0.39, 0.29) is 6.04 Å². The third-order valence-electron chi connectivity index (χ3n) is 2.77. The van der Waals surface area contributed by atoms with Gasteiger partial charge in [0.1, 0.15) is 0 Å². The van der Waals surface area contributed by atoms with E-state index in [1.54, 1.807) is 0 Å². The highest BCUT2D eigenvalue weighted by atomic mass is 32.1. The summed E-state index contributed by atoms with van der Waals surface area (Å²) in [6, 6.07) is -0.0114. The van der Waals surface area contributed by atoms with Crippen LogP contribution in [0, 0.1) is 0 Å². The van der Waals surface area contributed by atoms with Crippen molar-refractivity contribution in [1.29, 1.82) is 0 Å². The van der Waals surface area contributed by atoms with E-state index < -0.39 is 12.0 Å². The minimum absolute atomic E-state index is 0.0114. The van der Waals surface area contributed by atoms with Crippen molar-refractivity contribution in [3.05, 3.63) is 5.82 Å². The molecule has 2 rings (SSSR count). The van der Waals surface area contributed by atoms with Crippen LogP contribution in [0.2, 0.25) is 0 Å². The molecule has 1 aromatic heterocycles. The number of hydrogen-bond acceptors (Lipinski definition) is 6. The van der Waals surface area contributed by atoms with Crippen LogP contribution in [-0.2, 0) is 10.9 Å². The number of morpholine rings is 1. The van der Waals surface area contributed by atoms with Crippen LogP contribution in [0.25, 0.3) is 0 Å². The highest BCUT2D eigenvalue weighted by Gasteiger charge is 2.37. The number of nitrogens with zero attached hydrogens (tertiary/aromatic N) is 3. The standard InChI is InChI=1S/C10H15F3N4OS/c1-2-14-5-7-6-18-4-3-17(7)9-15-8(16-19-9)10(11,12)13/h7,14H,2-6H2,1H3. The van der Waals surface area contributed by atoms with E-state index in [0.29, 0.717) is 31.4 Å². The van der Waals surface area contributed by atoms with Gasteiger partial charge in [0.05, 0.1) is 19.3 Å². The second kappa shape index (κ2) is 6.02.